The monoisotopic (exact) mass is 255 g/mol. The van der Waals surface area contributed by atoms with Gasteiger partial charge in [-0.2, -0.15) is 0 Å². The van der Waals surface area contributed by atoms with Crippen molar-refractivity contribution < 1.29 is 14.6 Å². The summed E-state index contributed by atoms with van der Waals surface area (Å²) in [7, 11) is 0. The highest BCUT2D eigenvalue weighted by Gasteiger charge is 2.30. The molecular weight excluding hydrogens is 230 g/mol. The number of rotatable bonds is 4. The molecule has 2 aliphatic rings. The van der Waals surface area contributed by atoms with Crippen LogP contribution in [0.1, 0.15) is 51.4 Å². The first kappa shape index (κ1) is 13.8. The molecule has 0 atom stereocenters. The van der Waals surface area contributed by atoms with Crippen molar-refractivity contribution in [3.63, 3.8) is 0 Å². The van der Waals surface area contributed by atoms with E-state index < -0.39 is 5.60 Å². The number of nitrogens with one attached hydrogen (secondary N) is 1. The number of hydrogen-bond acceptors (Lipinski definition) is 3. The quantitative estimate of drug-likeness (QED) is 0.802. The van der Waals surface area contributed by atoms with Crippen LogP contribution in [0, 0.1) is 5.92 Å². The molecule has 1 heterocycles. The van der Waals surface area contributed by atoms with Crippen LogP contribution in [-0.2, 0) is 9.53 Å². The molecule has 0 spiro atoms. The molecule has 0 aromatic carbocycles. The van der Waals surface area contributed by atoms with Gasteiger partial charge in [-0.15, -0.1) is 0 Å². The molecule has 0 aromatic heterocycles. The molecule has 18 heavy (non-hydrogen) atoms. The second-order valence-corrected chi connectivity index (χ2v) is 5.82. The first-order valence-electron chi connectivity index (χ1n) is 7.25. The van der Waals surface area contributed by atoms with Gasteiger partial charge in [0.15, 0.2) is 0 Å². The van der Waals surface area contributed by atoms with Crippen molar-refractivity contribution >= 4 is 5.91 Å². The van der Waals surface area contributed by atoms with E-state index in [9.17, 15) is 9.90 Å². The Morgan fingerprint density at radius 3 is 2.56 bits per heavy atom. The van der Waals surface area contributed by atoms with Gasteiger partial charge in [0.25, 0.3) is 0 Å². The van der Waals surface area contributed by atoms with E-state index in [0.29, 0.717) is 44.9 Å². The highest BCUT2D eigenvalue weighted by atomic mass is 16.5. The molecule has 1 saturated heterocycles. The Hall–Kier alpha value is -0.610. The lowest BCUT2D eigenvalue weighted by molar-refractivity contribution is -0.125. The Morgan fingerprint density at radius 1 is 1.22 bits per heavy atom. The van der Waals surface area contributed by atoms with Crippen molar-refractivity contribution in [3.8, 4) is 0 Å². The molecule has 1 saturated carbocycles. The first-order chi connectivity index (χ1) is 8.68. The Balaban J connectivity index is 1.67. The van der Waals surface area contributed by atoms with Crippen molar-refractivity contribution in [3.05, 3.63) is 0 Å². The third-order valence-corrected chi connectivity index (χ3v) is 4.24. The van der Waals surface area contributed by atoms with Gasteiger partial charge in [-0.05, 0) is 18.8 Å². The largest absolute Gasteiger partial charge is 0.388 e. The number of hydrogen-bond donors (Lipinski definition) is 2. The third kappa shape index (κ3) is 4.25. The average Bonchev–Trinajstić information content (AvgIpc) is 2.39. The molecule has 104 valence electrons. The number of amides is 1. The summed E-state index contributed by atoms with van der Waals surface area (Å²) in [5.41, 5.74) is -0.750. The normalized spacial score (nSPS) is 24.7. The van der Waals surface area contributed by atoms with E-state index >= 15 is 0 Å². The minimum absolute atomic E-state index is 0.0989. The summed E-state index contributed by atoms with van der Waals surface area (Å²) in [6, 6.07) is 0. The van der Waals surface area contributed by atoms with Gasteiger partial charge in [0.1, 0.15) is 0 Å². The lowest BCUT2D eigenvalue weighted by atomic mass is 9.86. The predicted molar refractivity (Wildman–Crippen MR) is 69.2 cm³/mol. The summed E-state index contributed by atoms with van der Waals surface area (Å²) in [4.78, 5) is 11.8. The highest BCUT2D eigenvalue weighted by Crippen LogP contribution is 2.26. The topological polar surface area (TPSA) is 58.6 Å². The molecule has 0 radical (unpaired) electrons. The molecule has 0 bridgehead atoms. The van der Waals surface area contributed by atoms with Crippen molar-refractivity contribution in [1.82, 2.24) is 5.32 Å². The summed E-state index contributed by atoms with van der Waals surface area (Å²) in [6.07, 6.45) is 8.09. The van der Waals surface area contributed by atoms with E-state index in [1.165, 1.54) is 32.1 Å². The fourth-order valence-electron chi connectivity index (χ4n) is 2.92. The van der Waals surface area contributed by atoms with E-state index in [1.807, 2.05) is 0 Å². The third-order valence-electron chi connectivity index (χ3n) is 4.24. The Morgan fingerprint density at radius 2 is 1.89 bits per heavy atom. The SMILES string of the molecule is O=C(CC1CCCCC1)NCC1(O)CCOCC1. The van der Waals surface area contributed by atoms with Crippen LogP contribution in [0.2, 0.25) is 0 Å². The molecular formula is C14H25NO3. The van der Waals surface area contributed by atoms with Crippen molar-refractivity contribution in [2.75, 3.05) is 19.8 Å². The lowest BCUT2D eigenvalue weighted by Crippen LogP contribution is -2.46. The fraction of sp³-hybridized carbons (Fsp3) is 0.929. The molecule has 1 aliphatic heterocycles. The van der Waals surface area contributed by atoms with Gasteiger partial charge in [0, 0.05) is 39.0 Å². The molecule has 4 nitrogen and oxygen atoms in total. The maximum atomic E-state index is 11.8. The van der Waals surface area contributed by atoms with Gasteiger partial charge in [-0.3, -0.25) is 4.79 Å². The molecule has 2 rings (SSSR count). The summed E-state index contributed by atoms with van der Waals surface area (Å²) in [5, 5.41) is 13.1. The molecule has 1 amide bonds. The number of carbonyl (C=O) groups excluding carboxylic acids is 1. The highest BCUT2D eigenvalue weighted by molar-refractivity contribution is 5.76. The van der Waals surface area contributed by atoms with E-state index in [4.69, 9.17) is 4.74 Å². The summed E-state index contributed by atoms with van der Waals surface area (Å²) < 4.78 is 5.22. The van der Waals surface area contributed by atoms with Crippen LogP contribution in [0.25, 0.3) is 0 Å². The van der Waals surface area contributed by atoms with Crippen LogP contribution in [0.5, 0.6) is 0 Å². The molecule has 0 unspecified atom stereocenters. The van der Waals surface area contributed by atoms with Crippen molar-refractivity contribution in [2.24, 2.45) is 5.92 Å². The smallest absolute Gasteiger partial charge is 0.220 e. The molecule has 0 aromatic rings. The maximum absolute atomic E-state index is 11.8. The Labute approximate surface area is 109 Å². The minimum atomic E-state index is -0.750. The van der Waals surface area contributed by atoms with Gasteiger partial charge < -0.3 is 15.2 Å². The standard InChI is InChI=1S/C14H25NO3/c16-13(10-12-4-2-1-3-5-12)15-11-14(17)6-8-18-9-7-14/h12,17H,1-11H2,(H,15,16). The van der Waals surface area contributed by atoms with Gasteiger partial charge in [-0.1, -0.05) is 19.3 Å². The van der Waals surface area contributed by atoms with Crippen molar-refractivity contribution in [1.29, 1.82) is 0 Å². The van der Waals surface area contributed by atoms with E-state index in [1.54, 1.807) is 0 Å². The maximum Gasteiger partial charge on any atom is 0.220 e. The van der Waals surface area contributed by atoms with Gasteiger partial charge >= 0.3 is 0 Å². The minimum Gasteiger partial charge on any atom is -0.388 e. The van der Waals surface area contributed by atoms with Gasteiger partial charge in [0.2, 0.25) is 5.91 Å². The Bertz CT molecular complexity index is 268. The Kier molecular flexibility index (Phi) is 5.01. The summed E-state index contributed by atoms with van der Waals surface area (Å²) in [5.74, 6) is 0.657. The fourth-order valence-corrected chi connectivity index (χ4v) is 2.92. The zero-order chi connectivity index (χ0) is 12.8. The van der Waals surface area contributed by atoms with E-state index in [0.717, 1.165) is 0 Å². The lowest BCUT2D eigenvalue weighted by Gasteiger charge is -2.32. The summed E-state index contributed by atoms with van der Waals surface area (Å²) >= 11 is 0. The molecule has 2 fully saturated rings. The van der Waals surface area contributed by atoms with Crippen LogP contribution < -0.4 is 5.32 Å². The van der Waals surface area contributed by atoms with Gasteiger partial charge in [0.05, 0.1) is 5.60 Å². The van der Waals surface area contributed by atoms with Crippen LogP contribution in [0.3, 0.4) is 0 Å². The molecule has 2 N–H and O–H groups in total. The van der Waals surface area contributed by atoms with E-state index in [-0.39, 0.29) is 5.91 Å². The predicted octanol–water partition coefficient (Wildman–Crippen LogP) is 1.61. The molecule has 4 heteroatoms. The van der Waals surface area contributed by atoms with E-state index in [2.05, 4.69) is 5.32 Å². The summed E-state index contributed by atoms with van der Waals surface area (Å²) in [6.45, 7) is 1.56. The number of aliphatic hydroxyl groups is 1. The van der Waals surface area contributed by atoms with Crippen LogP contribution in [0.4, 0.5) is 0 Å². The van der Waals surface area contributed by atoms with Crippen molar-refractivity contribution in [2.45, 2.75) is 57.0 Å². The average molecular weight is 255 g/mol. The number of ether oxygens (including phenoxy) is 1. The second-order valence-electron chi connectivity index (χ2n) is 5.82. The number of carbonyl (C=O) groups is 1. The first-order valence-corrected chi connectivity index (χ1v) is 7.25. The zero-order valence-electron chi connectivity index (χ0n) is 11.1. The van der Waals surface area contributed by atoms with Crippen LogP contribution in [0.15, 0.2) is 0 Å². The van der Waals surface area contributed by atoms with Gasteiger partial charge in [-0.25, -0.2) is 0 Å². The zero-order valence-corrected chi connectivity index (χ0v) is 11.1. The molecule has 1 aliphatic carbocycles. The second kappa shape index (κ2) is 6.53. The van der Waals surface area contributed by atoms with Crippen LogP contribution >= 0.6 is 0 Å². The van der Waals surface area contributed by atoms with Crippen LogP contribution in [-0.4, -0.2) is 36.4 Å².